The van der Waals surface area contributed by atoms with Crippen LogP contribution in [0, 0.1) is 5.41 Å². The zero-order valence-corrected chi connectivity index (χ0v) is 19.5. The molecule has 5 N–H and O–H groups in total. The van der Waals surface area contributed by atoms with Crippen molar-refractivity contribution in [3.63, 3.8) is 0 Å². The molecule has 0 saturated carbocycles. The van der Waals surface area contributed by atoms with Crippen LogP contribution in [0.2, 0.25) is 0 Å². The number of fused-ring (bicyclic) bond motifs is 2. The number of aliphatic hydroxyl groups is 2. The van der Waals surface area contributed by atoms with Crippen LogP contribution in [0.4, 0.5) is 0 Å². The molecule has 5 rings (SSSR count). The second kappa shape index (κ2) is 10.4. The highest BCUT2D eigenvalue weighted by atomic mass is 16.8. The van der Waals surface area contributed by atoms with E-state index in [1.54, 1.807) is 13.8 Å². The van der Waals surface area contributed by atoms with Crippen LogP contribution in [0.5, 0.6) is 0 Å². The third-order valence-corrected chi connectivity index (χ3v) is 5.74. The first-order chi connectivity index (χ1) is 15.6. The molecule has 0 spiro atoms. The summed E-state index contributed by atoms with van der Waals surface area (Å²) >= 11 is 0. The fourth-order valence-electron chi connectivity index (χ4n) is 4.33. The van der Waals surface area contributed by atoms with E-state index in [4.69, 9.17) is 39.6 Å². The minimum atomic E-state index is -0.684. The first kappa shape index (κ1) is 26.1. The maximum absolute atomic E-state index is 10.2. The first-order valence-corrected chi connectivity index (χ1v) is 11.1. The Balaban J connectivity index is 0.000000181. The normalized spacial score (nSPS) is 39.6. The zero-order chi connectivity index (χ0) is 24.4. The molecule has 4 aliphatic heterocycles. The summed E-state index contributed by atoms with van der Waals surface area (Å²) < 4.78 is 33.2. The van der Waals surface area contributed by atoms with E-state index in [2.05, 4.69) is 6.72 Å². The molecule has 4 fully saturated rings. The SMILES string of the molecule is C=N.CC1(C)O[C@H]2O[C@H](CN)[C@H](O)[C@H]2O1.CC1(C)O[C@H]2O[C@H](Cc3ccccc3)[C@H](O)[C@H]2O1. The summed E-state index contributed by atoms with van der Waals surface area (Å²) in [5.74, 6) is -1.34. The average molecular weight is 469 g/mol. The van der Waals surface area contributed by atoms with Gasteiger partial charge in [-0.2, -0.15) is 0 Å². The van der Waals surface area contributed by atoms with Gasteiger partial charge < -0.3 is 49.8 Å². The van der Waals surface area contributed by atoms with Crippen LogP contribution in [0.15, 0.2) is 30.3 Å². The lowest BCUT2D eigenvalue weighted by Gasteiger charge is -2.23. The molecule has 0 aromatic heterocycles. The van der Waals surface area contributed by atoms with Gasteiger partial charge in [-0.05, 0) is 40.0 Å². The largest absolute Gasteiger partial charge is 0.387 e. The molecular formula is C23H36N2O8. The van der Waals surface area contributed by atoms with Crippen molar-refractivity contribution in [1.29, 1.82) is 5.41 Å². The van der Waals surface area contributed by atoms with Gasteiger partial charge in [-0.15, -0.1) is 0 Å². The molecule has 1 aromatic rings. The maximum atomic E-state index is 10.2. The number of benzene rings is 1. The minimum Gasteiger partial charge on any atom is -0.387 e. The molecule has 10 heteroatoms. The number of rotatable bonds is 3. The molecule has 4 heterocycles. The zero-order valence-electron chi connectivity index (χ0n) is 19.5. The average Bonchev–Trinajstić information content (AvgIpc) is 3.43. The molecule has 33 heavy (non-hydrogen) atoms. The Morgan fingerprint density at radius 1 is 0.818 bits per heavy atom. The van der Waals surface area contributed by atoms with Crippen molar-refractivity contribution >= 4 is 6.72 Å². The Labute approximate surface area is 194 Å². The summed E-state index contributed by atoms with van der Waals surface area (Å²) in [5, 5.41) is 25.4. The molecular weight excluding hydrogens is 432 g/mol. The molecule has 4 saturated heterocycles. The Morgan fingerprint density at radius 3 is 1.73 bits per heavy atom. The molecule has 0 bridgehead atoms. The van der Waals surface area contributed by atoms with Gasteiger partial charge in [0.1, 0.15) is 30.5 Å². The molecule has 4 aliphatic rings. The van der Waals surface area contributed by atoms with E-state index < -0.39 is 42.5 Å². The van der Waals surface area contributed by atoms with Gasteiger partial charge in [0.05, 0.1) is 6.10 Å². The van der Waals surface area contributed by atoms with E-state index in [1.165, 1.54) is 0 Å². The van der Waals surface area contributed by atoms with Crippen LogP contribution in [-0.4, -0.2) is 84.3 Å². The summed E-state index contributed by atoms with van der Waals surface area (Å²) in [5.41, 5.74) is 6.54. The van der Waals surface area contributed by atoms with E-state index in [-0.39, 0.29) is 24.9 Å². The summed E-state index contributed by atoms with van der Waals surface area (Å²) in [6.07, 6.45) is -3.00. The van der Waals surface area contributed by atoms with Crippen molar-refractivity contribution in [2.45, 2.75) is 94.9 Å². The third-order valence-electron chi connectivity index (χ3n) is 5.74. The highest BCUT2D eigenvalue weighted by Gasteiger charge is 2.54. The Morgan fingerprint density at radius 2 is 1.27 bits per heavy atom. The highest BCUT2D eigenvalue weighted by Crippen LogP contribution is 2.38. The van der Waals surface area contributed by atoms with Crippen LogP contribution < -0.4 is 5.73 Å². The Bertz CT molecular complexity index is 764. The predicted molar refractivity (Wildman–Crippen MR) is 118 cm³/mol. The lowest BCUT2D eigenvalue weighted by atomic mass is 10.0. The van der Waals surface area contributed by atoms with Crippen molar-refractivity contribution in [1.82, 2.24) is 0 Å². The van der Waals surface area contributed by atoms with Gasteiger partial charge in [0.2, 0.25) is 0 Å². The molecule has 10 nitrogen and oxygen atoms in total. The minimum absolute atomic E-state index is 0.265. The summed E-state index contributed by atoms with van der Waals surface area (Å²) in [4.78, 5) is 0. The van der Waals surface area contributed by atoms with Gasteiger partial charge in [0.15, 0.2) is 24.2 Å². The fourth-order valence-corrected chi connectivity index (χ4v) is 4.33. The number of ether oxygens (including phenoxy) is 6. The number of nitrogens with one attached hydrogen (secondary N) is 1. The highest BCUT2D eigenvalue weighted by molar-refractivity contribution is 5.16. The first-order valence-electron chi connectivity index (χ1n) is 11.1. The second-order valence-corrected chi connectivity index (χ2v) is 9.19. The van der Waals surface area contributed by atoms with Crippen molar-refractivity contribution in [3.05, 3.63) is 35.9 Å². The molecule has 0 amide bonds. The van der Waals surface area contributed by atoms with Crippen molar-refractivity contribution in [3.8, 4) is 0 Å². The smallest absolute Gasteiger partial charge is 0.190 e. The molecule has 186 valence electrons. The van der Waals surface area contributed by atoms with Gasteiger partial charge in [-0.25, -0.2) is 0 Å². The third kappa shape index (κ3) is 5.97. The van der Waals surface area contributed by atoms with Crippen LogP contribution in [0.25, 0.3) is 0 Å². The lowest BCUT2D eigenvalue weighted by Crippen LogP contribution is -2.38. The van der Waals surface area contributed by atoms with Gasteiger partial charge in [-0.1, -0.05) is 30.3 Å². The number of aliphatic hydroxyl groups excluding tert-OH is 2. The molecule has 0 unspecified atom stereocenters. The van der Waals surface area contributed by atoms with Crippen molar-refractivity contribution < 1.29 is 38.6 Å². The lowest BCUT2D eigenvalue weighted by molar-refractivity contribution is -0.214. The molecule has 0 radical (unpaired) electrons. The van der Waals surface area contributed by atoms with Gasteiger partial charge in [0.25, 0.3) is 0 Å². The fraction of sp³-hybridized carbons (Fsp3) is 0.696. The second-order valence-electron chi connectivity index (χ2n) is 9.19. The maximum Gasteiger partial charge on any atom is 0.190 e. The molecule has 1 aromatic carbocycles. The van der Waals surface area contributed by atoms with Gasteiger partial charge in [0, 0.05) is 13.0 Å². The molecule has 0 aliphatic carbocycles. The standard InChI is InChI=1S/C14H18O4.C8H15NO4.CH3N/c1-14(2)17-12-11(15)10(16-13(12)18-14)8-9-6-4-3-5-7-9;1-8(2)12-6-5(10)4(3-9)11-7(6)13-8;1-2/h3-7,10-13,15H,8H2,1-2H3;4-7,10H,3,9H2,1-2H3;2H,1H2/t10-,11+,12-,13-;4-,5+,6-,7-;/m11./s1. The van der Waals surface area contributed by atoms with Crippen LogP contribution >= 0.6 is 0 Å². The monoisotopic (exact) mass is 468 g/mol. The van der Waals surface area contributed by atoms with Crippen molar-refractivity contribution in [2.75, 3.05) is 6.54 Å². The Hall–Kier alpha value is -1.47. The summed E-state index contributed by atoms with van der Waals surface area (Å²) in [6, 6.07) is 9.98. The molecule has 8 atom stereocenters. The Kier molecular flexibility index (Phi) is 8.26. The van der Waals surface area contributed by atoms with E-state index >= 15 is 0 Å². The number of hydrogen-bond donors (Lipinski definition) is 4. The van der Waals surface area contributed by atoms with Gasteiger partial charge in [-0.3, -0.25) is 0 Å². The predicted octanol–water partition coefficient (Wildman–Crippen LogP) is 0.915. The van der Waals surface area contributed by atoms with Crippen LogP contribution in [0.3, 0.4) is 0 Å². The summed E-state index contributed by atoms with van der Waals surface area (Å²) in [6.45, 7) is 10.0. The van der Waals surface area contributed by atoms with E-state index in [0.717, 1.165) is 5.56 Å². The quantitative estimate of drug-likeness (QED) is 0.476. The van der Waals surface area contributed by atoms with Gasteiger partial charge >= 0.3 is 0 Å². The van der Waals surface area contributed by atoms with Crippen LogP contribution in [0.1, 0.15) is 33.3 Å². The summed E-state index contributed by atoms with van der Waals surface area (Å²) in [7, 11) is 0. The van der Waals surface area contributed by atoms with E-state index in [9.17, 15) is 10.2 Å². The number of nitrogens with two attached hydrogens (primary N) is 1. The van der Waals surface area contributed by atoms with Crippen molar-refractivity contribution in [2.24, 2.45) is 5.73 Å². The van der Waals surface area contributed by atoms with E-state index in [1.807, 2.05) is 44.2 Å². The topological polar surface area (TPSA) is 146 Å². The van der Waals surface area contributed by atoms with E-state index in [0.29, 0.717) is 6.42 Å². The van der Waals surface area contributed by atoms with Crippen LogP contribution in [-0.2, 0) is 34.8 Å². The number of hydrogen-bond acceptors (Lipinski definition) is 10.